The number of ether oxygens (including phenoxy) is 2. The predicted molar refractivity (Wildman–Crippen MR) is 46.0 cm³/mol. The van der Waals surface area contributed by atoms with E-state index in [2.05, 4.69) is 10.1 Å². The monoisotopic (exact) mass is 175 g/mol. The van der Waals surface area contributed by atoms with Gasteiger partial charge >= 0.3 is 5.97 Å². The molecule has 0 saturated carbocycles. The summed E-state index contributed by atoms with van der Waals surface area (Å²) >= 11 is 0. The maximum absolute atomic E-state index is 10.9. The van der Waals surface area contributed by atoms with Gasteiger partial charge in [-0.1, -0.05) is 0 Å². The molecule has 0 spiro atoms. The van der Waals surface area contributed by atoms with Crippen molar-refractivity contribution in [1.29, 1.82) is 0 Å². The standard InChI is InChI=1S/C8H17NO3/c1-6(5-11-3)9-7(2)8(10)12-4/h6-7,9H,5H2,1-4H3/t6?,7-/m0/s1. The Balaban J connectivity index is 3.67. The molecule has 0 radical (unpaired) electrons. The number of carbonyl (C=O) groups is 1. The highest BCUT2D eigenvalue weighted by Gasteiger charge is 2.14. The summed E-state index contributed by atoms with van der Waals surface area (Å²) in [7, 11) is 3.00. The molecule has 0 aromatic rings. The SMILES string of the molecule is COCC(C)N[C@@H](C)C(=O)OC. The van der Waals surface area contributed by atoms with Crippen LogP contribution >= 0.6 is 0 Å². The van der Waals surface area contributed by atoms with Crippen molar-refractivity contribution in [3.63, 3.8) is 0 Å². The quantitative estimate of drug-likeness (QED) is 0.605. The minimum absolute atomic E-state index is 0.157. The van der Waals surface area contributed by atoms with Gasteiger partial charge < -0.3 is 9.47 Å². The third-order valence-corrected chi connectivity index (χ3v) is 1.51. The first-order valence-electron chi connectivity index (χ1n) is 3.94. The van der Waals surface area contributed by atoms with Crippen LogP contribution in [0.2, 0.25) is 0 Å². The Bertz CT molecular complexity index is 138. The lowest BCUT2D eigenvalue weighted by molar-refractivity contribution is -0.142. The normalized spacial score (nSPS) is 15.3. The fraction of sp³-hybridized carbons (Fsp3) is 0.875. The number of hydrogen-bond donors (Lipinski definition) is 1. The molecule has 1 N–H and O–H groups in total. The lowest BCUT2D eigenvalue weighted by atomic mass is 10.3. The van der Waals surface area contributed by atoms with Gasteiger partial charge in [0.15, 0.2) is 0 Å². The summed E-state index contributed by atoms with van der Waals surface area (Å²) in [5.41, 5.74) is 0. The molecule has 12 heavy (non-hydrogen) atoms. The number of carbonyl (C=O) groups excluding carboxylic acids is 1. The van der Waals surface area contributed by atoms with Crippen LogP contribution < -0.4 is 5.32 Å². The van der Waals surface area contributed by atoms with Crippen LogP contribution in [0.4, 0.5) is 0 Å². The third kappa shape index (κ3) is 4.31. The summed E-state index contributed by atoms with van der Waals surface area (Å²) in [6.07, 6.45) is 0. The van der Waals surface area contributed by atoms with E-state index >= 15 is 0 Å². The molecule has 0 amide bonds. The van der Waals surface area contributed by atoms with E-state index in [9.17, 15) is 4.79 Å². The van der Waals surface area contributed by atoms with Gasteiger partial charge in [0, 0.05) is 13.2 Å². The molecule has 1 unspecified atom stereocenters. The highest BCUT2D eigenvalue weighted by Crippen LogP contribution is 1.90. The summed E-state index contributed by atoms with van der Waals surface area (Å²) in [6, 6.07) is -0.121. The van der Waals surface area contributed by atoms with Crippen molar-refractivity contribution in [3.05, 3.63) is 0 Å². The fourth-order valence-corrected chi connectivity index (χ4v) is 0.970. The van der Waals surface area contributed by atoms with Crippen molar-refractivity contribution in [2.75, 3.05) is 20.8 Å². The lowest BCUT2D eigenvalue weighted by Crippen LogP contribution is -2.42. The maximum atomic E-state index is 10.9. The van der Waals surface area contributed by atoms with Crippen molar-refractivity contribution in [1.82, 2.24) is 5.32 Å². The molecular weight excluding hydrogens is 158 g/mol. The fourth-order valence-electron chi connectivity index (χ4n) is 0.970. The lowest BCUT2D eigenvalue weighted by Gasteiger charge is -2.17. The Labute approximate surface area is 73.2 Å². The minimum Gasteiger partial charge on any atom is -0.468 e. The van der Waals surface area contributed by atoms with Crippen molar-refractivity contribution < 1.29 is 14.3 Å². The molecule has 0 aliphatic carbocycles. The van der Waals surface area contributed by atoms with E-state index in [1.54, 1.807) is 14.0 Å². The number of methoxy groups -OCH3 is 2. The van der Waals surface area contributed by atoms with Crippen LogP contribution in [0.5, 0.6) is 0 Å². The summed E-state index contributed by atoms with van der Waals surface area (Å²) in [5.74, 6) is -0.252. The van der Waals surface area contributed by atoms with Gasteiger partial charge in [0.1, 0.15) is 6.04 Å². The molecule has 0 aromatic heterocycles. The molecule has 0 heterocycles. The Morgan fingerprint density at radius 2 is 2.00 bits per heavy atom. The van der Waals surface area contributed by atoms with E-state index in [4.69, 9.17) is 4.74 Å². The Hall–Kier alpha value is -0.610. The highest BCUT2D eigenvalue weighted by atomic mass is 16.5. The van der Waals surface area contributed by atoms with Crippen LogP contribution in [0.25, 0.3) is 0 Å². The van der Waals surface area contributed by atoms with Gasteiger partial charge in [-0.05, 0) is 13.8 Å². The molecule has 0 rings (SSSR count). The number of esters is 1. The zero-order valence-corrected chi connectivity index (χ0v) is 8.09. The van der Waals surface area contributed by atoms with Gasteiger partial charge in [0.05, 0.1) is 13.7 Å². The van der Waals surface area contributed by atoms with Crippen LogP contribution in [-0.4, -0.2) is 38.9 Å². The van der Waals surface area contributed by atoms with Gasteiger partial charge in [-0.3, -0.25) is 10.1 Å². The molecule has 0 fully saturated rings. The Morgan fingerprint density at radius 3 is 2.42 bits per heavy atom. The van der Waals surface area contributed by atoms with E-state index in [1.807, 2.05) is 6.92 Å². The highest BCUT2D eigenvalue weighted by molar-refractivity contribution is 5.75. The average molecular weight is 175 g/mol. The molecule has 0 aromatic carbocycles. The van der Waals surface area contributed by atoms with Crippen LogP contribution in [0.15, 0.2) is 0 Å². The topological polar surface area (TPSA) is 47.6 Å². The molecule has 0 aliphatic rings. The molecule has 72 valence electrons. The van der Waals surface area contributed by atoms with Crippen LogP contribution in [0, 0.1) is 0 Å². The summed E-state index contributed by atoms with van der Waals surface area (Å²) in [6.45, 7) is 4.29. The predicted octanol–water partition coefficient (Wildman–Crippen LogP) is 0.172. The van der Waals surface area contributed by atoms with Crippen LogP contribution in [0.3, 0.4) is 0 Å². The summed E-state index contributed by atoms with van der Waals surface area (Å²) in [5, 5.41) is 3.03. The first-order chi connectivity index (χ1) is 5.61. The zero-order chi connectivity index (χ0) is 9.56. The summed E-state index contributed by atoms with van der Waals surface area (Å²) < 4.78 is 9.45. The van der Waals surface area contributed by atoms with Gasteiger partial charge in [0.2, 0.25) is 0 Å². The molecule has 0 bridgehead atoms. The van der Waals surface area contributed by atoms with E-state index in [0.29, 0.717) is 6.61 Å². The molecule has 4 nitrogen and oxygen atoms in total. The number of rotatable bonds is 5. The van der Waals surface area contributed by atoms with E-state index in [-0.39, 0.29) is 18.1 Å². The van der Waals surface area contributed by atoms with E-state index in [1.165, 1.54) is 7.11 Å². The van der Waals surface area contributed by atoms with Crippen LogP contribution in [0.1, 0.15) is 13.8 Å². The Kier molecular flexibility index (Phi) is 5.66. The van der Waals surface area contributed by atoms with Gasteiger partial charge in [-0.2, -0.15) is 0 Å². The molecule has 0 saturated heterocycles. The van der Waals surface area contributed by atoms with Crippen molar-refractivity contribution in [3.8, 4) is 0 Å². The maximum Gasteiger partial charge on any atom is 0.322 e. The summed E-state index contributed by atoms with van der Waals surface area (Å²) in [4.78, 5) is 10.9. The first-order valence-corrected chi connectivity index (χ1v) is 3.94. The molecule has 0 aliphatic heterocycles. The first kappa shape index (κ1) is 11.4. The largest absolute Gasteiger partial charge is 0.468 e. The van der Waals surface area contributed by atoms with Gasteiger partial charge in [0.25, 0.3) is 0 Å². The van der Waals surface area contributed by atoms with Gasteiger partial charge in [-0.25, -0.2) is 0 Å². The Morgan fingerprint density at radius 1 is 1.42 bits per heavy atom. The van der Waals surface area contributed by atoms with E-state index in [0.717, 1.165) is 0 Å². The smallest absolute Gasteiger partial charge is 0.322 e. The molecule has 2 atom stereocenters. The second-order valence-electron chi connectivity index (χ2n) is 2.77. The number of hydrogen-bond acceptors (Lipinski definition) is 4. The second kappa shape index (κ2) is 5.97. The zero-order valence-electron chi connectivity index (χ0n) is 8.09. The number of nitrogens with one attached hydrogen (secondary N) is 1. The van der Waals surface area contributed by atoms with E-state index < -0.39 is 0 Å². The third-order valence-electron chi connectivity index (χ3n) is 1.51. The second-order valence-corrected chi connectivity index (χ2v) is 2.77. The van der Waals surface area contributed by atoms with Gasteiger partial charge in [-0.15, -0.1) is 0 Å². The van der Waals surface area contributed by atoms with Crippen molar-refractivity contribution in [2.45, 2.75) is 25.9 Å². The van der Waals surface area contributed by atoms with Crippen molar-refractivity contribution >= 4 is 5.97 Å². The minimum atomic E-state index is -0.278. The molecule has 4 heteroatoms. The average Bonchev–Trinajstić information content (AvgIpc) is 2.03. The van der Waals surface area contributed by atoms with Crippen molar-refractivity contribution in [2.24, 2.45) is 0 Å². The molecular formula is C8H17NO3. The van der Waals surface area contributed by atoms with Crippen LogP contribution in [-0.2, 0) is 14.3 Å².